The van der Waals surface area contributed by atoms with Crippen molar-refractivity contribution in [2.24, 2.45) is 0 Å². The third-order valence-electron chi connectivity index (χ3n) is 2.29. The van der Waals surface area contributed by atoms with E-state index in [0.717, 1.165) is 5.56 Å². The van der Waals surface area contributed by atoms with Crippen LogP contribution in [-0.4, -0.2) is 18.8 Å². The summed E-state index contributed by atoms with van der Waals surface area (Å²) in [6, 6.07) is 6.12. The molecule has 1 fully saturated rings. The second-order valence-corrected chi connectivity index (χ2v) is 3.56. The summed E-state index contributed by atoms with van der Waals surface area (Å²) >= 11 is 0. The Hall–Kier alpha value is -0.960. The van der Waals surface area contributed by atoms with Gasteiger partial charge in [-0.3, -0.25) is 0 Å². The van der Waals surface area contributed by atoms with Crippen LogP contribution in [0.4, 0.5) is 8.78 Å². The Morgan fingerprint density at radius 1 is 1.38 bits per heavy atom. The highest BCUT2D eigenvalue weighted by Crippen LogP contribution is 2.22. The van der Waals surface area contributed by atoms with Crippen LogP contribution in [0.3, 0.4) is 0 Å². The van der Waals surface area contributed by atoms with Gasteiger partial charge in [-0.1, -0.05) is 12.1 Å². The van der Waals surface area contributed by atoms with Crippen molar-refractivity contribution in [2.75, 3.05) is 13.1 Å². The van der Waals surface area contributed by atoms with Gasteiger partial charge in [-0.2, -0.15) is 0 Å². The zero-order valence-corrected chi connectivity index (χ0v) is 7.19. The van der Waals surface area contributed by atoms with Gasteiger partial charge in [0, 0.05) is 19.5 Å². The first-order chi connectivity index (χ1) is 6.18. The molecule has 1 nitrogen and oxygen atoms in total. The Labute approximate surface area is 75.8 Å². The maximum Gasteiger partial charge on any atom is 0.139 e. The largest absolute Gasteiger partial charge is 0.310 e. The lowest BCUT2D eigenvalue weighted by Crippen LogP contribution is -2.57. The Balaban J connectivity index is 2.09. The molecule has 1 saturated heterocycles. The second-order valence-electron chi connectivity index (χ2n) is 3.56. The van der Waals surface area contributed by atoms with Gasteiger partial charge in [0.25, 0.3) is 0 Å². The van der Waals surface area contributed by atoms with Crippen LogP contribution in [0, 0.1) is 5.82 Å². The van der Waals surface area contributed by atoms with E-state index in [1.165, 1.54) is 12.1 Å². The van der Waals surface area contributed by atoms with Crippen molar-refractivity contribution in [1.29, 1.82) is 0 Å². The third kappa shape index (κ3) is 1.86. The van der Waals surface area contributed by atoms with Gasteiger partial charge < -0.3 is 5.32 Å². The summed E-state index contributed by atoms with van der Waals surface area (Å²) in [6.45, 7) is 0.757. The van der Waals surface area contributed by atoms with Crippen molar-refractivity contribution in [2.45, 2.75) is 12.1 Å². The highest BCUT2D eigenvalue weighted by molar-refractivity contribution is 5.20. The Bertz CT molecular complexity index is 308. The summed E-state index contributed by atoms with van der Waals surface area (Å²) in [5, 5.41) is 2.87. The number of rotatable bonds is 2. The van der Waals surface area contributed by atoms with E-state index in [2.05, 4.69) is 5.32 Å². The van der Waals surface area contributed by atoms with Crippen molar-refractivity contribution in [3.05, 3.63) is 35.6 Å². The van der Waals surface area contributed by atoms with E-state index in [-0.39, 0.29) is 5.82 Å². The van der Waals surface area contributed by atoms with Crippen molar-refractivity contribution in [3.63, 3.8) is 0 Å². The van der Waals surface area contributed by atoms with Gasteiger partial charge in [0.2, 0.25) is 0 Å². The molecule has 70 valence electrons. The lowest BCUT2D eigenvalue weighted by Gasteiger charge is -2.35. The Morgan fingerprint density at radius 2 is 2.15 bits per heavy atom. The van der Waals surface area contributed by atoms with Crippen LogP contribution in [0.2, 0.25) is 0 Å². The predicted molar refractivity (Wildman–Crippen MR) is 46.8 cm³/mol. The highest BCUT2D eigenvalue weighted by Gasteiger charge is 2.36. The first-order valence-electron chi connectivity index (χ1n) is 4.32. The quantitative estimate of drug-likeness (QED) is 0.735. The summed E-state index contributed by atoms with van der Waals surface area (Å²) in [4.78, 5) is 0. The molecule has 1 heterocycles. The van der Waals surface area contributed by atoms with E-state index in [0.29, 0.717) is 19.5 Å². The van der Waals surface area contributed by atoms with Gasteiger partial charge >= 0.3 is 0 Å². The molecule has 1 aromatic carbocycles. The third-order valence-corrected chi connectivity index (χ3v) is 2.29. The van der Waals surface area contributed by atoms with E-state index in [9.17, 15) is 8.78 Å². The lowest BCUT2D eigenvalue weighted by molar-refractivity contribution is 0.0911. The summed E-state index contributed by atoms with van der Waals surface area (Å²) in [5.41, 5.74) is -0.433. The fourth-order valence-corrected chi connectivity index (χ4v) is 1.53. The van der Waals surface area contributed by atoms with Crippen molar-refractivity contribution in [1.82, 2.24) is 5.32 Å². The zero-order valence-electron chi connectivity index (χ0n) is 7.19. The number of alkyl halides is 1. The molecule has 0 atom stereocenters. The molecule has 1 aliphatic rings. The van der Waals surface area contributed by atoms with Crippen LogP contribution >= 0.6 is 0 Å². The SMILES string of the molecule is Fc1cccc(CC2(F)CNC2)c1. The minimum absolute atomic E-state index is 0.298. The standard InChI is InChI=1S/C10H11F2N/c11-9-3-1-2-8(4-9)5-10(12)6-13-7-10/h1-4,13H,5-7H2. The van der Waals surface area contributed by atoms with Crippen LogP contribution < -0.4 is 5.32 Å². The molecule has 3 heteroatoms. The highest BCUT2D eigenvalue weighted by atomic mass is 19.1. The number of benzene rings is 1. The fraction of sp³-hybridized carbons (Fsp3) is 0.400. The van der Waals surface area contributed by atoms with E-state index >= 15 is 0 Å². The number of hydrogen-bond acceptors (Lipinski definition) is 1. The van der Waals surface area contributed by atoms with E-state index in [4.69, 9.17) is 0 Å². The Kier molecular flexibility index (Phi) is 2.04. The van der Waals surface area contributed by atoms with Crippen LogP contribution in [-0.2, 0) is 6.42 Å². The topological polar surface area (TPSA) is 12.0 Å². The molecule has 0 unspecified atom stereocenters. The van der Waals surface area contributed by atoms with Crippen LogP contribution in [0.15, 0.2) is 24.3 Å². The maximum absolute atomic E-state index is 13.5. The van der Waals surface area contributed by atoms with E-state index < -0.39 is 5.67 Å². The summed E-state index contributed by atoms with van der Waals surface area (Å²) < 4.78 is 26.3. The molecule has 0 aromatic heterocycles. The van der Waals surface area contributed by atoms with Crippen LogP contribution in [0.1, 0.15) is 5.56 Å². The van der Waals surface area contributed by atoms with Gasteiger partial charge in [-0.15, -0.1) is 0 Å². The molecule has 0 aliphatic carbocycles. The van der Waals surface area contributed by atoms with Gasteiger partial charge in [-0.05, 0) is 17.7 Å². The lowest BCUT2D eigenvalue weighted by atomic mass is 9.91. The first-order valence-corrected chi connectivity index (χ1v) is 4.32. The number of hydrogen-bond donors (Lipinski definition) is 1. The minimum atomic E-state index is -1.16. The smallest absolute Gasteiger partial charge is 0.139 e. The molecule has 0 spiro atoms. The Morgan fingerprint density at radius 3 is 2.69 bits per heavy atom. The first kappa shape index (κ1) is 8.63. The van der Waals surface area contributed by atoms with Crippen molar-refractivity contribution in [3.8, 4) is 0 Å². The summed E-state index contributed by atoms with van der Waals surface area (Å²) in [6.07, 6.45) is 0.303. The number of nitrogens with one attached hydrogen (secondary N) is 1. The summed E-state index contributed by atoms with van der Waals surface area (Å²) in [5.74, 6) is -0.298. The monoisotopic (exact) mass is 183 g/mol. The average molecular weight is 183 g/mol. The maximum atomic E-state index is 13.5. The van der Waals surface area contributed by atoms with Gasteiger partial charge in [0.05, 0.1) is 0 Å². The molecule has 0 saturated carbocycles. The predicted octanol–water partition coefficient (Wildman–Crippen LogP) is 1.68. The average Bonchev–Trinajstić information content (AvgIpc) is 2.01. The molecule has 0 bridgehead atoms. The second kappa shape index (κ2) is 3.07. The van der Waals surface area contributed by atoms with Gasteiger partial charge in [0.15, 0.2) is 0 Å². The minimum Gasteiger partial charge on any atom is -0.310 e. The molecule has 1 N–H and O–H groups in total. The summed E-state index contributed by atoms with van der Waals surface area (Å²) in [7, 11) is 0. The molecule has 1 aliphatic heterocycles. The van der Waals surface area contributed by atoms with Crippen LogP contribution in [0.25, 0.3) is 0 Å². The van der Waals surface area contributed by atoms with E-state index in [1.54, 1.807) is 12.1 Å². The van der Waals surface area contributed by atoms with E-state index in [1.807, 2.05) is 0 Å². The fourth-order valence-electron chi connectivity index (χ4n) is 1.53. The molecule has 2 rings (SSSR count). The molecule has 13 heavy (non-hydrogen) atoms. The number of halogens is 2. The van der Waals surface area contributed by atoms with Crippen molar-refractivity contribution >= 4 is 0 Å². The van der Waals surface area contributed by atoms with Gasteiger partial charge in [0.1, 0.15) is 11.5 Å². The molecule has 1 aromatic rings. The molecule has 0 radical (unpaired) electrons. The normalized spacial score (nSPS) is 19.5. The molecule has 0 amide bonds. The zero-order chi connectivity index (χ0) is 9.31. The van der Waals surface area contributed by atoms with Crippen LogP contribution in [0.5, 0.6) is 0 Å². The molecular weight excluding hydrogens is 172 g/mol. The van der Waals surface area contributed by atoms with Crippen molar-refractivity contribution < 1.29 is 8.78 Å². The van der Waals surface area contributed by atoms with Gasteiger partial charge in [-0.25, -0.2) is 8.78 Å². The molecular formula is C10H11F2N.